The number of aliphatic carboxylic acids is 1. The number of carbonyl (C=O) groups excluding carboxylic acids is 2. The minimum absolute atomic E-state index is 0.00480. The van der Waals surface area contributed by atoms with Gasteiger partial charge in [0.15, 0.2) is 0 Å². The Labute approximate surface area is 200 Å². The Morgan fingerprint density at radius 3 is 2.27 bits per heavy atom. The van der Waals surface area contributed by atoms with E-state index in [9.17, 15) is 19.5 Å². The normalized spacial score (nSPS) is 16.2. The monoisotopic (exact) mass is 495 g/mol. The standard InChI is InChI=1S/C22H23Cl2N3O6/c1-32-16-7-4-8-17(33-2)19(16)27-12(11-25-22(27)31)9-10-15(21(29)30)26-20(28)18-13(23)5-3-6-14(18)24/h3-8,12,15H,9-11H2,1-2H3,(H,25,31)(H,26,28)(H,29,30). The van der Waals surface area contributed by atoms with Gasteiger partial charge in [0.2, 0.25) is 0 Å². The molecule has 0 bridgehead atoms. The van der Waals surface area contributed by atoms with Gasteiger partial charge in [-0.05, 0) is 37.1 Å². The van der Waals surface area contributed by atoms with Crippen LogP contribution in [0.1, 0.15) is 23.2 Å². The summed E-state index contributed by atoms with van der Waals surface area (Å²) in [6, 6.07) is 7.73. The summed E-state index contributed by atoms with van der Waals surface area (Å²) in [6.45, 7) is 0.288. The van der Waals surface area contributed by atoms with Crippen molar-refractivity contribution in [3.05, 3.63) is 52.0 Å². The zero-order valence-electron chi connectivity index (χ0n) is 17.9. The summed E-state index contributed by atoms with van der Waals surface area (Å²) in [7, 11) is 2.97. The highest BCUT2D eigenvalue weighted by Crippen LogP contribution is 2.40. The highest BCUT2D eigenvalue weighted by molar-refractivity contribution is 6.39. The summed E-state index contributed by atoms with van der Waals surface area (Å²) in [5, 5.41) is 15.1. The Morgan fingerprint density at radius 2 is 1.73 bits per heavy atom. The number of nitrogens with zero attached hydrogens (tertiary/aromatic N) is 1. The van der Waals surface area contributed by atoms with Crippen LogP contribution in [0.25, 0.3) is 0 Å². The van der Waals surface area contributed by atoms with Crippen molar-refractivity contribution < 1.29 is 29.0 Å². The summed E-state index contributed by atoms with van der Waals surface area (Å²) in [5.41, 5.74) is 0.450. The van der Waals surface area contributed by atoms with Gasteiger partial charge in [-0.1, -0.05) is 35.3 Å². The zero-order valence-corrected chi connectivity index (χ0v) is 19.4. The fourth-order valence-electron chi connectivity index (χ4n) is 3.69. The molecule has 0 aromatic heterocycles. The number of urea groups is 1. The van der Waals surface area contributed by atoms with Gasteiger partial charge in [0.05, 0.1) is 35.9 Å². The molecule has 2 aromatic carbocycles. The number of para-hydroxylation sites is 1. The molecule has 2 aromatic rings. The molecule has 3 rings (SSSR count). The van der Waals surface area contributed by atoms with Crippen LogP contribution in [0.15, 0.2) is 36.4 Å². The van der Waals surface area contributed by atoms with Crippen molar-refractivity contribution in [3.8, 4) is 11.5 Å². The summed E-state index contributed by atoms with van der Waals surface area (Å²) in [6.07, 6.45) is 0.324. The Kier molecular flexibility index (Phi) is 7.88. The predicted molar refractivity (Wildman–Crippen MR) is 124 cm³/mol. The molecule has 3 N–H and O–H groups in total. The molecule has 0 aliphatic carbocycles. The first-order chi connectivity index (χ1) is 15.8. The van der Waals surface area contributed by atoms with E-state index >= 15 is 0 Å². The van der Waals surface area contributed by atoms with E-state index < -0.39 is 24.0 Å². The van der Waals surface area contributed by atoms with Crippen LogP contribution in [-0.4, -0.2) is 55.9 Å². The maximum absolute atomic E-state index is 12.6. The van der Waals surface area contributed by atoms with E-state index in [1.165, 1.54) is 31.3 Å². The van der Waals surface area contributed by atoms with E-state index in [-0.39, 0.29) is 41.0 Å². The molecular weight excluding hydrogens is 473 g/mol. The third-order valence-corrected chi connectivity index (χ3v) is 5.93. The third-order valence-electron chi connectivity index (χ3n) is 5.30. The van der Waals surface area contributed by atoms with Gasteiger partial charge in [0, 0.05) is 6.54 Å². The number of hydrogen-bond acceptors (Lipinski definition) is 5. The number of methoxy groups -OCH3 is 2. The van der Waals surface area contributed by atoms with Crippen molar-refractivity contribution in [2.75, 3.05) is 25.7 Å². The van der Waals surface area contributed by atoms with Crippen molar-refractivity contribution >= 4 is 46.8 Å². The maximum Gasteiger partial charge on any atom is 0.326 e. The first-order valence-electron chi connectivity index (χ1n) is 10.0. The molecular formula is C22H23Cl2N3O6. The number of rotatable bonds is 9. The van der Waals surface area contributed by atoms with E-state index in [1.807, 2.05) is 0 Å². The molecule has 3 amide bonds. The average molecular weight is 496 g/mol. The lowest BCUT2D eigenvalue weighted by molar-refractivity contribution is -0.139. The fraction of sp³-hybridized carbons (Fsp3) is 0.318. The molecule has 1 heterocycles. The number of carboxylic acid groups (broad SMARTS) is 1. The third kappa shape index (κ3) is 5.26. The predicted octanol–water partition coefficient (Wildman–Crippen LogP) is 3.57. The minimum atomic E-state index is -1.22. The van der Waals surface area contributed by atoms with Crippen LogP contribution in [-0.2, 0) is 4.79 Å². The lowest BCUT2D eigenvalue weighted by atomic mass is 10.0. The second-order valence-electron chi connectivity index (χ2n) is 7.26. The number of amides is 3. The van der Waals surface area contributed by atoms with Crippen molar-refractivity contribution in [2.45, 2.75) is 24.9 Å². The van der Waals surface area contributed by atoms with Crippen LogP contribution >= 0.6 is 23.2 Å². The van der Waals surface area contributed by atoms with Gasteiger partial charge in [0.25, 0.3) is 5.91 Å². The highest BCUT2D eigenvalue weighted by Gasteiger charge is 2.36. The van der Waals surface area contributed by atoms with Gasteiger partial charge in [-0.25, -0.2) is 9.59 Å². The molecule has 1 fully saturated rings. The smallest absolute Gasteiger partial charge is 0.326 e. The van der Waals surface area contributed by atoms with E-state index in [2.05, 4.69) is 10.6 Å². The maximum atomic E-state index is 12.6. The second-order valence-corrected chi connectivity index (χ2v) is 8.07. The molecule has 2 unspecified atom stereocenters. The Morgan fingerprint density at radius 1 is 1.15 bits per heavy atom. The quantitative estimate of drug-likeness (QED) is 0.489. The first kappa shape index (κ1) is 24.5. The van der Waals surface area contributed by atoms with E-state index in [4.69, 9.17) is 32.7 Å². The first-order valence-corrected chi connectivity index (χ1v) is 10.8. The van der Waals surface area contributed by atoms with Gasteiger partial charge in [-0.2, -0.15) is 0 Å². The van der Waals surface area contributed by atoms with Gasteiger partial charge < -0.3 is 25.2 Å². The van der Waals surface area contributed by atoms with Gasteiger partial charge in [0.1, 0.15) is 23.2 Å². The average Bonchev–Trinajstić information content (AvgIpc) is 3.15. The molecule has 9 nitrogen and oxygen atoms in total. The molecule has 0 radical (unpaired) electrons. The van der Waals surface area contributed by atoms with Crippen molar-refractivity contribution in [1.82, 2.24) is 10.6 Å². The Bertz CT molecular complexity index is 1020. The van der Waals surface area contributed by atoms with Crippen LogP contribution in [0.4, 0.5) is 10.5 Å². The number of benzene rings is 2. The second kappa shape index (κ2) is 10.6. The lowest BCUT2D eigenvalue weighted by Crippen LogP contribution is -2.43. The molecule has 176 valence electrons. The summed E-state index contributed by atoms with van der Waals surface area (Å²) < 4.78 is 10.8. The highest BCUT2D eigenvalue weighted by atomic mass is 35.5. The van der Waals surface area contributed by atoms with Gasteiger partial charge >= 0.3 is 12.0 Å². The number of nitrogens with one attached hydrogen (secondary N) is 2. The van der Waals surface area contributed by atoms with Crippen molar-refractivity contribution in [2.24, 2.45) is 0 Å². The Balaban J connectivity index is 1.78. The molecule has 0 spiro atoms. The van der Waals surface area contributed by atoms with Crippen LogP contribution in [0.5, 0.6) is 11.5 Å². The number of halogens is 2. The zero-order chi connectivity index (χ0) is 24.1. The van der Waals surface area contributed by atoms with Crippen LogP contribution in [0.3, 0.4) is 0 Å². The summed E-state index contributed by atoms with van der Waals surface area (Å²) in [4.78, 5) is 38.6. The molecule has 1 aliphatic heterocycles. The van der Waals surface area contributed by atoms with Crippen LogP contribution in [0.2, 0.25) is 10.0 Å². The molecule has 1 saturated heterocycles. The number of carbonyl (C=O) groups is 3. The van der Waals surface area contributed by atoms with E-state index in [1.54, 1.807) is 24.3 Å². The number of carboxylic acids is 1. The summed E-state index contributed by atoms with van der Waals surface area (Å²) >= 11 is 12.1. The topological polar surface area (TPSA) is 117 Å². The lowest BCUT2D eigenvalue weighted by Gasteiger charge is -2.27. The van der Waals surface area contributed by atoms with Gasteiger partial charge in [-0.3, -0.25) is 9.69 Å². The Hall–Kier alpha value is -3.17. The molecule has 2 atom stereocenters. The molecule has 33 heavy (non-hydrogen) atoms. The number of anilines is 1. The number of ether oxygens (including phenoxy) is 2. The van der Waals surface area contributed by atoms with E-state index in [0.29, 0.717) is 17.2 Å². The largest absolute Gasteiger partial charge is 0.494 e. The van der Waals surface area contributed by atoms with Crippen LogP contribution in [0, 0.1) is 0 Å². The van der Waals surface area contributed by atoms with Crippen molar-refractivity contribution in [3.63, 3.8) is 0 Å². The minimum Gasteiger partial charge on any atom is -0.494 e. The fourth-order valence-corrected chi connectivity index (χ4v) is 4.26. The summed E-state index contributed by atoms with van der Waals surface area (Å²) in [5.74, 6) is -1.03. The van der Waals surface area contributed by atoms with Crippen LogP contribution < -0.4 is 25.0 Å². The number of hydrogen-bond donors (Lipinski definition) is 3. The molecule has 0 saturated carbocycles. The van der Waals surface area contributed by atoms with E-state index in [0.717, 1.165) is 0 Å². The van der Waals surface area contributed by atoms with Gasteiger partial charge in [-0.15, -0.1) is 0 Å². The molecule has 11 heteroatoms. The SMILES string of the molecule is COc1cccc(OC)c1N1C(=O)NCC1CCC(NC(=O)c1c(Cl)cccc1Cl)C(=O)O. The van der Waals surface area contributed by atoms with Crippen molar-refractivity contribution in [1.29, 1.82) is 0 Å². The molecule has 1 aliphatic rings.